The number of benzene rings is 2. The summed E-state index contributed by atoms with van der Waals surface area (Å²) < 4.78 is 30.2. The highest BCUT2D eigenvalue weighted by Crippen LogP contribution is 2.28. The Kier molecular flexibility index (Phi) is 6.19. The third kappa shape index (κ3) is 4.93. The molecule has 0 bridgehead atoms. The minimum absolute atomic E-state index is 0.0281. The Morgan fingerprint density at radius 3 is 2.50 bits per heavy atom. The number of amides is 1. The smallest absolute Gasteiger partial charge is 0.264 e. The molecule has 36 heavy (non-hydrogen) atoms. The minimum Gasteiger partial charge on any atom is -0.389 e. The number of rotatable bonds is 6. The van der Waals surface area contributed by atoms with Gasteiger partial charge in [-0.15, -0.1) is 0 Å². The average molecular weight is 507 g/mol. The lowest BCUT2D eigenvalue weighted by Crippen LogP contribution is -2.47. The quantitative estimate of drug-likeness (QED) is 0.411. The number of fused-ring (bicyclic) bond motifs is 1. The van der Waals surface area contributed by atoms with Crippen LogP contribution in [0.15, 0.2) is 72.1 Å². The van der Waals surface area contributed by atoms with E-state index in [9.17, 15) is 18.3 Å². The van der Waals surface area contributed by atoms with Crippen LogP contribution in [0.25, 0.3) is 11.0 Å². The summed E-state index contributed by atoms with van der Waals surface area (Å²) >= 11 is 0. The van der Waals surface area contributed by atoms with E-state index < -0.39 is 15.6 Å². The molecular formula is C25H26N6O4S. The van der Waals surface area contributed by atoms with Crippen molar-refractivity contribution in [2.75, 3.05) is 17.8 Å². The van der Waals surface area contributed by atoms with E-state index in [2.05, 4.69) is 19.8 Å². The largest absolute Gasteiger partial charge is 0.389 e. The highest BCUT2D eigenvalue weighted by molar-refractivity contribution is 7.93. The number of nitrogens with zero attached hydrogens (tertiary/aromatic N) is 5. The maximum atomic E-state index is 13.0. The van der Waals surface area contributed by atoms with Crippen molar-refractivity contribution in [1.29, 1.82) is 0 Å². The number of aryl methyl sites for hydroxylation is 1. The van der Waals surface area contributed by atoms with E-state index in [0.717, 1.165) is 5.56 Å². The van der Waals surface area contributed by atoms with Crippen LogP contribution < -0.4 is 4.72 Å². The lowest BCUT2D eigenvalue weighted by molar-refractivity contribution is -0.0162. The molecule has 1 amide bonds. The second-order valence-corrected chi connectivity index (χ2v) is 10.7. The lowest BCUT2D eigenvalue weighted by Gasteiger charge is -2.38. The molecule has 5 rings (SSSR count). The summed E-state index contributed by atoms with van der Waals surface area (Å²) in [4.78, 5) is 23.1. The molecule has 4 aromatic rings. The highest BCUT2D eigenvalue weighted by atomic mass is 32.2. The van der Waals surface area contributed by atoms with E-state index in [1.807, 2.05) is 13.2 Å². The molecule has 1 aliphatic rings. The molecule has 0 saturated carbocycles. The van der Waals surface area contributed by atoms with Crippen LogP contribution in [0.2, 0.25) is 0 Å². The molecule has 11 heteroatoms. The van der Waals surface area contributed by atoms with Gasteiger partial charge in [0.2, 0.25) is 0 Å². The van der Waals surface area contributed by atoms with Gasteiger partial charge in [0.15, 0.2) is 0 Å². The molecule has 0 unspecified atom stereocenters. The molecule has 1 fully saturated rings. The number of hydrogen-bond acceptors (Lipinski definition) is 7. The minimum atomic E-state index is -3.91. The van der Waals surface area contributed by atoms with Crippen molar-refractivity contribution in [3.63, 3.8) is 0 Å². The van der Waals surface area contributed by atoms with Crippen LogP contribution in [-0.2, 0) is 23.5 Å². The van der Waals surface area contributed by atoms with Crippen molar-refractivity contribution >= 4 is 32.7 Å². The van der Waals surface area contributed by atoms with Crippen molar-refractivity contribution in [3.05, 3.63) is 78.4 Å². The molecule has 1 saturated heterocycles. The fourth-order valence-electron chi connectivity index (χ4n) is 4.50. The summed E-state index contributed by atoms with van der Waals surface area (Å²) in [6.07, 6.45) is 8.03. The Morgan fingerprint density at radius 1 is 1.08 bits per heavy atom. The molecule has 3 heterocycles. The van der Waals surface area contributed by atoms with E-state index in [0.29, 0.717) is 49.1 Å². The molecular weight excluding hydrogens is 480 g/mol. The number of para-hydroxylation sites is 1. The van der Waals surface area contributed by atoms with Gasteiger partial charge in [-0.2, -0.15) is 5.10 Å². The van der Waals surface area contributed by atoms with Gasteiger partial charge >= 0.3 is 0 Å². The molecule has 1 aliphatic heterocycles. The predicted molar refractivity (Wildman–Crippen MR) is 134 cm³/mol. The third-order valence-corrected chi connectivity index (χ3v) is 7.82. The molecule has 0 spiro atoms. The van der Waals surface area contributed by atoms with Crippen LogP contribution in [0.4, 0.5) is 5.69 Å². The van der Waals surface area contributed by atoms with Crippen LogP contribution in [0.5, 0.6) is 0 Å². The predicted octanol–water partition coefficient (Wildman–Crippen LogP) is 2.37. The second kappa shape index (κ2) is 9.32. The van der Waals surface area contributed by atoms with Gasteiger partial charge in [-0.1, -0.05) is 6.07 Å². The first-order valence-electron chi connectivity index (χ1n) is 11.5. The molecule has 2 N–H and O–H groups in total. The molecule has 186 valence electrons. The summed E-state index contributed by atoms with van der Waals surface area (Å²) in [5, 5.41) is 15.1. The summed E-state index contributed by atoms with van der Waals surface area (Å²) in [6.45, 7) is 0.873. The van der Waals surface area contributed by atoms with Crippen molar-refractivity contribution in [2.24, 2.45) is 7.05 Å². The number of carbonyl (C=O) groups excluding carboxylic acids is 1. The number of likely N-dealkylation sites (tertiary alicyclic amines) is 1. The van der Waals surface area contributed by atoms with E-state index >= 15 is 0 Å². The van der Waals surface area contributed by atoms with Gasteiger partial charge in [-0.25, -0.2) is 8.42 Å². The maximum Gasteiger partial charge on any atom is 0.264 e. The van der Waals surface area contributed by atoms with Crippen molar-refractivity contribution < 1.29 is 18.3 Å². The van der Waals surface area contributed by atoms with Gasteiger partial charge in [-0.05, 0) is 54.8 Å². The van der Waals surface area contributed by atoms with Crippen molar-refractivity contribution in [3.8, 4) is 0 Å². The Labute approximate surface area is 208 Å². The van der Waals surface area contributed by atoms with Gasteiger partial charge in [0, 0.05) is 56.4 Å². The second-order valence-electron chi connectivity index (χ2n) is 9.08. The van der Waals surface area contributed by atoms with Crippen LogP contribution in [-0.4, -0.2) is 62.8 Å². The van der Waals surface area contributed by atoms with Gasteiger partial charge in [0.25, 0.3) is 15.9 Å². The molecule has 0 aliphatic carbocycles. The SMILES string of the molecule is Cn1cc(CC2(O)CCN(C(=O)c3ccc(NS(=O)(=O)c4cccc5nccnc45)cc3)CC2)cn1. The fraction of sp³-hybridized carbons (Fsp3) is 0.280. The molecule has 2 aromatic carbocycles. The fourth-order valence-corrected chi connectivity index (χ4v) is 5.73. The normalized spacial score (nSPS) is 15.7. The van der Waals surface area contributed by atoms with Crippen LogP contribution in [0.3, 0.4) is 0 Å². The third-order valence-electron chi connectivity index (χ3n) is 6.41. The zero-order chi connectivity index (χ0) is 25.3. The van der Waals surface area contributed by atoms with E-state index in [-0.39, 0.29) is 16.3 Å². The molecule has 2 aromatic heterocycles. The number of aliphatic hydroxyl groups is 1. The monoisotopic (exact) mass is 506 g/mol. The molecule has 0 radical (unpaired) electrons. The zero-order valence-corrected chi connectivity index (χ0v) is 20.5. The van der Waals surface area contributed by atoms with Gasteiger partial charge in [0.05, 0.1) is 17.3 Å². The Morgan fingerprint density at radius 2 is 1.81 bits per heavy atom. The number of sulfonamides is 1. The van der Waals surface area contributed by atoms with Gasteiger partial charge < -0.3 is 10.0 Å². The Balaban J connectivity index is 1.24. The summed E-state index contributed by atoms with van der Waals surface area (Å²) in [6, 6.07) is 11.1. The van der Waals surface area contributed by atoms with Gasteiger partial charge in [0.1, 0.15) is 10.4 Å². The Hall–Kier alpha value is -3.83. The van der Waals surface area contributed by atoms with Crippen LogP contribution >= 0.6 is 0 Å². The number of piperidine rings is 1. The van der Waals surface area contributed by atoms with E-state index in [1.54, 1.807) is 52.2 Å². The number of nitrogens with one attached hydrogen (secondary N) is 1. The van der Waals surface area contributed by atoms with Crippen molar-refractivity contribution in [1.82, 2.24) is 24.6 Å². The highest BCUT2D eigenvalue weighted by Gasteiger charge is 2.34. The molecule has 0 atom stereocenters. The number of aromatic nitrogens is 4. The first-order chi connectivity index (χ1) is 17.2. The number of hydrogen-bond donors (Lipinski definition) is 2. The van der Waals surface area contributed by atoms with E-state index in [1.165, 1.54) is 18.5 Å². The lowest BCUT2D eigenvalue weighted by atomic mass is 9.86. The van der Waals surface area contributed by atoms with Crippen LogP contribution in [0.1, 0.15) is 28.8 Å². The van der Waals surface area contributed by atoms with E-state index in [4.69, 9.17) is 0 Å². The van der Waals surface area contributed by atoms with Gasteiger partial charge in [-0.3, -0.25) is 24.2 Å². The summed E-state index contributed by atoms with van der Waals surface area (Å²) in [5.41, 5.74) is 1.65. The topological polar surface area (TPSA) is 130 Å². The maximum absolute atomic E-state index is 13.0. The van der Waals surface area contributed by atoms with Crippen molar-refractivity contribution in [2.45, 2.75) is 29.8 Å². The summed E-state index contributed by atoms with van der Waals surface area (Å²) in [7, 11) is -2.08. The van der Waals surface area contributed by atoms with Crippen LogP contribution in [0, 0.1) is 0 Å². The average Bonchev–Trinajstić information content (AvgIpc) is 3.27. The Bertz CT molecular complexity index is 1500. The number of carbonyl (C=O) groups is 1. The summed E-state index contributed by atoms with van der Waals surface area (Å²) in [5.74, 6) is -0.155. The first-order valence-corrected chi connectivity index (χ1v) is 13.0. The first kappa shape index (κ1) is 23.9. The standard InChI is InChI=1S/C25H26N6O4S/c1-30-17-18(16-28-30)15-25(33)9-13-31(14-10-25)24(32)19-5-7-20(8-6-19)29-36(34,35)22-4-2-3-21-23(22)27-12-11-26-21/h2-8,11-12,16-17,29,33H,9-10,13-15H2,1H3. The zero-order valence-electron chi connectivity index (χ0n) is 19.7. The number of anilines is 1. The molecule has 10 nitrogen and oxygen atoms in total.